The van der Waals surface area contributed by atoms with Gasteiger partial charge in [-0.1, -0.05) is 43.2 Å². The zero-order chi connectivity index (χ0) is 27.2. The number of sulfonamides is 1. The summed E-state index contributed by atoms with van der Waals surface area (Å²) in [6.07, 6.45) is 5.38. The second-order valence-corrected chi connectivity index (χ2v) is 11.8. The summed E-state index contributed by atoms with van der Waals surface area (Å²) < 4.78 is 40.9. The van der Waals surface area contributed by atoms with E-state index in [-0.39, 0.29) is 43.8 Å². The minimum absolute atomic E-state index is 0.0202. The molecule has 1 aliphatic carbocycles. The third-order valence-electron chi connectivity index (χ3n) is 7.16. The quantitative estimate of drug-likeness (QED) is 0.464. The van der Waals surface area contributed by atoms with E-state index in [4.69, 9.17) is 0 Å². The van der Waals surface area contributed by atoms with Crippen molar-refractivity contribution in [2.45, 2.75) is 77.9 Å². The van der Waals surface area contributed by atoms with Crippen molar-refractivity contribution in [2.75, 3.05) is 17.1 Å². The van der Waals surface area contributed by atoms with Crippen LogP contribution in [0.3, 0.4) is 0 Å². The highest BCUT2D eigenvalue weighted by Crippen LogP contribution is 2.26. The fraction of sp³-hybridized carbons (Fsp3) is 0.500. The summed E-state index contributed by atoms with van der Waals surface area (Å²) >= 11 is 0. The fourth-order valence-corrected chi connectivity index (χ4v) is 5.79. The molecule has 0 unspecified atom stereocenters. The van der Waals surface area contributed by atoms with E-state index < -0.39 is 21.9 Å². The van der Waals surface area contributed by atoms with E-state index in [1.807, 2.05) is 26.0 Å². The maximum Gasteiger partial charge on any atom is 0.242 e. The van der Waals surface area contributed by atoms with Gasteiger partial charge in [0.1, 0.15) is 11.9 Å². The summed E-state index contributed by atoms with van der Waals surface area (Å²) in [6.45, 7) is 5.51. The van der Waals surface area contributed by atoms with Gasteiger partial charge in [0.2, 0.25) is 21.8 Å². The first-order valence-corrected chi connectivity index (χ1v) is 14.7. The minimum atomic E-state index is -3.58. The van der Waals surface area contributed by atoms with E-state index in [2.05, 4.69) is 5.32 Å². The molecule has 1 aliphatic rings. The Hall–Kier alpha value is -2.94. The molecule has 0 saturated heterocycles. The molecule has 0 aromatic heterocycles. The van der Waals surface area contributed by atoms with Gasteiger partial charge in [0.05, 0.1) is 11.9 Å². The van der Waals surface area contributed by atoms with Crippen molar-refractivity contribution in [1.82, 2.24) is 10.2 Å². The fourth-order valence-electron chi connectivity index (χ4n) is 4.77. The summed E-state index contributed by atoms with van der Waals surface area (Å²) in [4.78, 5) is 27.8. The molecule has 37 heavy (non-hydrogen) atoms. The van der Waals surface area contributed by atoms with Gasteiger partial charge in [0.15, 0.2) is 0 Å². The van der Waals surface area contributed by atoms with E-state index in [9.17, 15) is 22.4 Å². The standard InChI is InChI=1S/C28H38FN3O4S/c1-20-11-9-16-26(21(20)2)32(37(4,35)36)18-10-17-27(33)31(19-23-12-5-8-15-25(23)29)22(3)28(34)30-24-13-6-7-14-24/h5,8-9,11-12,15-16,22,24H,6-7,10,13-14,17-19H2,1-4H3,(H,30,34)/t22-/m1/s1. The minimum Gasteiger partial charge on any atom is -0.352 e. The number of aryl methyl sites for hydroxylation is 1. The van der Waals surface area contributed by atoms with Crippen LogP contribution in [0.5, 0.6) is 0 Å². The molecule has 1 fully saturated rings. The van der Waals surface area contributed by atoms with Crippen LogP contribution in [-0.2, 0) is 26.2 Å². The second kappa shape index (κ2) is 12.5. The molecule has 1 atom stereocenters. The molecule has 2 amide bonds. The van der Waals surface area contributed by atoms with E-state index >= 15 is 0 Å². The number of carbonyl (C=O) groups excluding carboxylic acids is 2. The zero-order valence-electron chi connectivity index (χ0n) is 22.2. The Bertz CT molecular complexity index is 1210. The van der Waals surface area contributed by atoms with Crippen LogP contribution < -0.4 is 9.62 Å². The number of hydrogen-bond donors (Lipinski definition) is 1. The highest BCUT2D eigenvalue weighted by Gasteiger charge is 2.29. The molecule has 9 heteroatoms. The van der Waals surface area contributed by atoms with Crippen molar-refractivity contribution in [2.24, 2.45) is 0 Å². The van der Waals surface area contributed by atoms with Crippen molar-refractivity contribution in [3.05, 3.63) is 65.0 Å². The summed E-state index contributed by atoms with van der Waals surface area (Å²) in [5.74, 6) is -1.03. The molecular formula is C28H38FN3O4S. The van der Waals surface area contributed by atoms with Crippen LogP contribution in [-0.4, -0.2) is 50.0 Å². The highest BCUT2D eigenvalue weighted by atomic mass is 32.2. The highest BCUT2D eigenvalue weighted by molar-refractivity contribution is 7.92. The van der Waals surface area contributed by atoms with Gasteiger partial charge in [0.25, 0.3) is 0 Å². The molecule has 202 valence electrons. The van der Waals surface area contributed by atoms with Crippen LogP contribution in [0.25, 0.3) is 0 Å². The maximum atomic E-state index is 14.4. The van der Waals surface area contributed by atoms with Crippen molar-refractivity contribution < 1.29 is 22.4 Å². The molecule has 2 aromatic carbocycles. The first-order valence-electron chi connectivity index (χ1n) is 12.9. The molecule has 7 nitrogen and oxygen atoms in total. The lowest BCUT2D eigenvalue weighted by Crippen LogP contribution is -2.49. The summed E-state index contributed by atoms with van der Waals surface area (Å²) in [5.41, 5.74) is 2.74. The zero-order valence-corrected chi connectivity index (χ0v) is 23.0. The number of anilines is 1. The Labute approximate surface area is 220 Å². The average molecular weight is 532 g/mol. The normalized spacial score (nSPS) is 14.8. The largest absolute Gasteiger partial charge is 0.352 e. The predicted molar refractivity (Wildman–Crippen MR) is 144 cm³/mol. The number of hydrogen-bond acceptors (Lipinski definition) is 4. The molecule has 0 heterocycles. The third kappa shape index (κ3) is 7.53. The Morgan fingerprint density at radius 2 is 1.76 bits per heavy atom. The molecule has 1 N–H and O–H groups in total. The molecular weight excluding hydrogens is 493 g/mol. The van der Waals surface area contributed by atoms with Gasteiger partial charge in [-0.25, -0.2) is 12.8 Å². The number of halogens is 1. The topological polar surface area (TPSA) is 86.8 Å². The Morgan fingerprint density at radius 1 is 1.08 bits per heavy atom. The van der Waals surface area contributed by atoms with Gasteiger partial charge in [-0.3, -0.25) is 13.9 Å². The Balaban J connectivity index is 1.75. The monoisotopic (exact) mass is 531 g/mol. The maximum absolute atomic E-state index is 14.4. The lowest BCUT2D eigenvalue weighted by atomic mass is 10.1. The van der Waals surface area contributed by atoms with E-state index in [1.54, 1.807) is 31.2 Å². The lowest BCUT2D eigenvalue weighted by Gasteiger charge is -2.30. The van der Waals surface area contributed by atoms with E-state index in [0.717, 1.165) is 43.1 Å². The van der Waals surface area contributed by atoms with Crippen LogP contribution in [0, 0.1) is 19.7 Å². The van der Waals surface area contributed by atoms with Crippen molar-refractivity contribution in [1.29, 1.82) is 0 Å². The number of carbonyl (C=O) groups is 2. The first kappa shape index (κ1) is 28.6. The van der Waals surface area contributed by atoms with Crippen LogP contribution >= 0.6 is 0 Å². The van der Waals surface area contributed by atoms with Gasteiger partial charge in [-0.05, 0) is 63.3 Å². The Kier molecular flexibility index (Phi) is 9.70. The van der Waals surface area contributed by atoms with Crippen molar-refractivity contribution >= 4 is 27.5 Å². The van der Waals surface area contributed by atoms with Crippen LogP contribution in [0.1, 0.15) is 62.1 Å². The average Bonchev–Trinajstić information content (AvgIpc) is 3.35. The SMILES string of the molecule is Cc1cccc(N(CCCC(=O)N(Cc2ccccc2F)[C@H](C)C(=O)NC2CCCC2)S(C)(=O)=O)c1C. The second-order valence-electron chi connectivity index (χ2n) is 9.94. The number of amides is 2. The molecule has 1 saturated carbocycles. The smallest absolute Gasteiger partial charge is 0.242 e. The van der Waals surface area contributed by atoms with E-state index in [0.29, 0.717) is 11.3 Å². The molecule has 0 radical (unpaired) electrons. The van der Waals surface area contributed by atoms with Gasteiger partial charge >= 0.3 is 0 Å². The van der Waals surface area contributed by atoms with Crippen LogP contribution in [0.2, 0.25) is 0 Å². The van der Waals surface area contributed by atoms with Crippen molar-refractivity contribution in [3.8, 4) is 0 Å². The number of rotatable bonds is 11. The van der Waals surface area contributed by atoms with Gasteiger partial charge in [-0.2, -0.15) is 0 Å². The van der Waals surface area contributed by atoms with E-state index in [1.165, 1.54) is 15.3 Å². The first-order chi connectivity index (χ1) is 17.5. The van der Waals surface area contributed by atoms with Crippen LogP contribution in [0.4, 0.5) is 10.1 Å². The number of benzene rings is 2. The number of nitrogens with zero attached hydrogens (tertiary/aromatic N) is 2. The number of nitrogens with one attached hydrogen (secondary N) is 1. The molecule has 3 rings (SSSR count). The molecule has 0 aliphatic heterocycles. The lowest BCUT2D eigenvalue weighted by molar-refractivity contribution is -0.141. The molecule has 0 spiro atoms. The van der Waals surface area contributed by atoms with Crippen molar-refractivity contribution in [3.63, 3.8) is 0 Å². The van der Waals surface area contributed by atoms with Crippen LogP contribution in [0.15, 0.2) is 42.5 Å². The van der Waals surface area contributed by atoms with Gasteiger partial charge in [0, 0.05) is 31.1 Å². The molecule has 0 bridgehead atoms. The summed E-state index contributed by atoms with van der Waals surface area (Å²) in [6, 6.07) is 11.0. The van der Waals surface area contributed by atoms with Gasteiger partial charge in [-0.15, -0.1) is 0 Å². The summed E-state index contributed by atoms with van der Waals surface area (Å²) in [5, 5.41) is 3.03. The Morgan fingerprint density at radius 3 is 2.41 bits per heavy atom. The van der Waals surface area contributed by atoms with Gasteiger partial charge < -0.3 is 10.2 Å². The third-order valence-corrected chi connectivity index (χ3v) is 8.34. The summed E-state index contributed by atoms with van der Waals surface area (Å²) in [7, 11) is -3.58. The molecule has 2 aromatic rings. The predicted octanol–water partition coefficient (Wildman–Crippen LogP) is 4.46.